The lowest BCUT2D eigenvalue weighted by atomic mass is 10.1. The third-order valence-electron chi connectivity index (χ3n) is 1.76. The van der Waals surface area contributed by atoms with E-state index in [9.17, 15) is 4.79 Å². The second kappa shape index (κ2) is 2.90. The fourth-order valence-corrected chi connectivity index (χ4v) is 1.20. The van der Waals surface area contributed by atoms with Crippen molar-refractivity contribution in [2.45, 2.75) is 0 Å². The molecule has 1 heterocycles. The van der Waals surface area contributed by atoms with Crippen LogP contribution in [0.3, 0.4) is 0 Å². The van der Waals surface area contributed by atoms with E-state index in [1.807, 2.05) is 0 Å². The van der Waals surface area contributed by atoms with Crippen LogP contribution >= 0.6 is 0 Å². The molecule has 13 heavy (non-hydrogen) atoms. The molecule has 1 N–H and O–H groups in total. The van der Waals surface area contributed by atoms with Gasteiger partial charge in [-0.15, -0.1) is 0 Å². The van der Waals surface area contributed by atoms with Crippen molar-refractivity contribution in [2.75, 3.05) is 6.61 Å². The molecular formula is C9H7NO3. The van der Waals surface area contributed by atoms with Gasteiger partial charge in [0.05, 0.1) is 5.56 Å². The third-order valence-corrected chi connectivity index (χ3v) is 1.76. The summed E-state index contributed by atoms with van der Waals surface area (Å²) in [6.07, 6.45) is 1.55. The van der Waals surface area contributed by atoms with Gasteiger partial charge >= 0.3 is 5.97 Å². The van der Waals surface area contributed by atoms with Gasteiger partial charge in [0, 0.05) is 6.21 Å². The average Bonchev–Trinajstić information content (AvgIpc) is 2.17. The number of fused-ring (bicyclic) bond motifs is 1. The lowest BCUT2D eigenvalue weighted by Gasteiger charge is -2.12. The third kappa shape index (κ3) is 1.26. The van der Waals surface area contributed by atoms with Crippen LogP contribution in [-0.2, 0) is 0 Å². The van der Waals surface area contributed by atoms with E-state index in [0.717, 1.165) is 0 Å². The number of rotatable bonds is 1. The van der Waals surface area contributed by atoms with Gasteiger partial charge in [-0.1, -0.05) is 6.07 Å². The molecule has 1 aromatic carbocycles. The lowest BCUT2D eigenvalue weighted by Crippen LogP contribution is -2.06. The number of benzene rings is 1. The quantitative estimate of drug-likeness (QED) is 0.706. The Bertz CT molecular complexity index is 384. The first-order valence-electron chi connectivity index (χ1n) is 3.80. The van der Waals surface area contributed by atoms with E-state index in [4.69, 9.17) is 9.84 Å². The van der Waals surface area contributed by atoms with E-state index in [2.05, 4.69) is 4.99 Å². The van der Waals surface area contributed by atoms with E-state index in [1.54, 1.807) is 18.3 Å². The predicted molar refractivity (Wildman–Crippen MR) is 47.0 cm³/mol. The largest absolute Gasteiger partial charge is 0.486 e. The number of hydrogen-bond donors (Lipinski definition) is 1. The molecule has 1 aromatic rings. The number of carboxylic acid groups (broad SMARTS) is 1. The van der Waals surface area contributed by atoms with Crippen LogP contribution in [0.4, 0.5) is 5.69 Å². The van der Waals surface area contributed by atoms with Gasteiger partial charge in [0.1, 0.15) is 18.0 Å². The van der Waals surface area contributed by atoms with Crippen molar-refractivity contribution < 1.29 is 14.6 Å². The maximum absolute atomic E-state index is 10.7. The van der Waals surface area contributed by atoms with Crippen LogP contribution in [0.25, 0.3) is 0 Å². The van der Waals surface area contributed by atoms with E-state index >= 15 is 0 Å². The fourth-order valence-electron chi connectivity index (χ4n) is 1.20. The van der Waals surface area contributed by atoms with E-state index < -0.39 is 5.97 Å². The molecule has 2 rings (SSSR count). The van der Waals surface area contributed by atoms with Gasteiger partial charge in [0.25, 0.3) is 0 Å². The molecule has 0 bridgehead atoms. The molecule has 0 spiro atoms. The van der Waals surface area contributed by atoms with E-state index in [1.165, 1.54) is 6.07 Å². The van der Waals surface area contributed by atoms with Gasteiger partial charge in [-0.3, -0.25) is 4.99 Å². The highest BCUT2D eigenvalue weighted by atomic mass is 16.5. The van der Waals surface area contributed by atoms with Gasteiger partial charge in [0.15, 0.2) is 0 Å². The Kier molecular flexibility index (Phi) is 1.73. The van der Waals surface area contributed by atoms with Crippen LogP contribution in [0.15, 0.2) is 23.2 Å². The van der Waals surface area contributed by atoms with Gasteiger partial charge in [-0.2, -0.15) is 0 Å². The average molecular weight is 177 g/mol. The van der Waals surface area contributed by atoms with Gasteiger partial charge < -0.3 is 9.84 Å². The van der Waals surface area contributed by atoms with Crippen LogP contribution in [0.1, 0.15) is 10.4 Å². The summed E-state index contributed by atoms with van der Waals surface area (Å²) in [5.74, 6) is -0.457. The summed E-state index contributed by atoms with van der Waals surface area (Å²) in [6, 6.07) is 4.86. The molecule has 0 aliphatic carbocycles. The maximum Gasteiger partial charge on any atom is 0.338 e. The second-order valence-electron chi connectivity index (χ2n) is 2.58. The molecule has 0 radical (unpaired) electrons. The Labute approximate surface area is 74.5 Å². The monoisotopic (exact) mass is 177 g/mol. The summed E-state index contributed by atoms with van der Waals surface area (Å²) in [7, 11) is 0. The molecule has 0 aromatic heterocycles. The van der Waals surface area contributed by atoms with Crippen LogP contribution in [0.2, 0.25) is 0 Å². The minimum Gasteiger partial charge on any atom is -0.486 e. The lowest BCUT2D eigenvalue weighted by molar-refractivity contribution is 0.0697. The number of aromatic carboxylic acids is 1. The first-order chi connectivity index (χ1) is 6.29. The summed E-state index contributed by atoms with van der Waals surface area (Å²) < 4.78 is 5.20. The van der Waals surface area contributed by atoms with Crippen LogP contribution in [-0.4, -0.2) is 23.9 Å². The molecule has 0 fully saturated rings. The van der Waals surface area contributed by atoms with E-state index in [0.29, 0.717) is 18.0 Å². The van der Waals surface area contributed by atoms with Crippen molar-refractivity contribution in [2.24, 2.45) is 4.99 Å². The highest BCUT2D eigenvalue weighted by molar-refractivity contribution is 5.96. The highest BCUT2D eigenvalue weighted by Gasteiger charge is 2.15. The van der Waals surface area contributed by atoms with Crippen molar-refractivity contribution in [3.8, 4) is 5.75 Å². The van der Waals surface area contributed by atoms with Crippen molar-refractivity contribution in [3.63, 3.8) is 0 Å². The van der Waals surface area contributed by atoms with Crippen molar-refractivity contribution in [1.82, 2.24) is 0 Å². The Hall–Kier alpha value is -1.84. The first kappa shape index (κ1) is 7.79. The van der Waals surface area contributed by atoms with Crippen LogP contribution < -0.4 is 4.74 Å². The Morgan fingerprint density at radius 2 is 2.38 bits per heavy atom. The zero-order chi connectivity index (χ0) is 9.26. The standard InChI is InChI=1S/C9H7NO3/c11-9(12)6-2-1-3-7-8(6)10-4-5-13-7/h1-4H,5H2,(H,11,12). The van der Waals surface area contributed by atoms with Crippen molar-refractivity contribution in [1.29, 1.82) is 0 Å². The number of carboxylic acids is 1. The van der Waals surface area contributed by atoms with Crippen LogP contribution in [0.5, 0.6) is 5.75 Å². The molecule has 0 amide bonds. The van der Waals surface area contributed by atoms with Crippen molar-refractivity contribution in [3.05, 3.63) is 23.8 Å². The number of nitrogens with zero attached hydrogens (tertiary/aromatic N) is 1. The fraction of sp³-hybridized carbons (Fsp3) is 0.111. The number of hydrogen-bond acceptors (Lipinski definition) is 3. The Morgan fingerprint density at radius 3 is 3.15 bits per heavy atom. The number of aliphatic imine (C=N–C) groups is 1. The molecule has 0 saturated heterocycles. The summed E-state index contributed by atoms with van der Waals surface area (Å²) in [6.45, 7) is 0.399. The maximum atomic E-state index is 10.7. The summed E-state index contributed by atoms with van der Waals surface area (Å²) in [5.41, 5.74) is 0.578. The molecule has 0 unspecified atom stereocenters. The molecule has 66 valence electrons. The van der Waals surface area contributed by atoms with Crippen molar-refractivity contribution >= 4 is 17.9 Å². The van der Waals surface area contributed by atoms with Crippen LogP contribution in [0, 0.1) is 0 Å². The SMILES string of the molecule is O=C(O)c1cccc2c1N=CCO2. The van der Waals surface area contributed by atoms with Gasteiger partial charge in [0.2, 0.25) is 0 Å². The Balaban J connectivity index is 2.60. The van der Waals surface area contributed by atoms with Gasteiger partial charge in [-0.25, -0.2) is 4.79 Å². The zero-order valence-electron chi connectivity index (χ0n) is 6.73. The second-order valence-corrected chi connectivity index (χ2v) is 2.58. The topological polar surface area (TPSA) is 58.9 Å². The number of ether oxygens (including phenoxy) is 1. The highest BCUT2D eigenvalue weighted by Crippen LogP contribution is 2.32. The molecule has 4 nitrogen and oxygen atoms in total. The van der Waals surface area contributed by atoms with E-state index in [-0.39, 0.29) is 5.56 Å². The molecule has 0 atom stereocenters. The normalized spacial score (nSPS) is 13.2. The predicted octanol–water partition coefficient (Wildman–Crippen LogP) is 1.48. The summed E-state index contributed by atoms with van der Waals surface area (Å²) in [4.78, 5) is 14.7. The summed E-state index contributed by atoms with van der Waals surface area (Å²) in [5, 5.41) is 8.81. The molecule has 1 aliphatic rings. The smallest absolute Gasteiger partial charge is 0.338 e. The molecular weight excluding hydrogens is 170 g/mol. The zero-order valence-corrected chi connectivity index (χ0v) is 6.73. The van der Waals surface area contributed by atoms with Gasteiger partial charge in [-0.05, 0) is 12.1 Å². The minimum atomic E-state index is -0.987. The number of para-hydroxylation sites is 1. The first-order valence-corrected chi connectivity index (χ1v) is 3.80. The molecule has 1 aliphatic heterocycles. The summed E-state index contributed by atoms with van der Waals surface area (Å²) >= 11 is 0. The number of carbonyl (C=O) groups is 1. The Morgan fingerprint density at radius 1 is 1.54 bits per heavy atom. The minimum absolute atomic E-state index is 0.174. The molecule has 0 saturated carbocycles. The molecule has 4 heteroatoms.